The fraction of sp³-hybridized carbons (Fsp3) is 0.833. The maximum absolute atomic E-state index is 8.20. The smallest absolute Gasteiger partial charge is 0.109 e. The Kier molecular flexibility index (Phi) is 5.83. The Bertz CT molecular complexity index is 93.1. The van der Waals surface area contributed by atoms with Gasteiger partial charge in [0.25, 0.3) is 0 Å². The molecule has 0 aliphatic carbocycles. The predicted molar refractivity (Wildman–Crippen MR) is 42.3 cm³/mol. The molecule has 0 amide bonds. The molecular weight excluding hydrogens is 134 g/mol. The lowest BCUT2D eigenvalue weighted by atomic mass is 10.4. The van der Waals surface area contributed by atoms with Crippen LogP contribution in [0.25, 0.3) is 0 Å². The van der Waals surface area contributed by atoms with Crippen LogP contribution in [0.15, 0.2) is 5.16 Å². The molecule has 54 valence electrons. The van der Waals surface area contributed by atoms with E-state index in [-0.39, 0.29) is 0 Å². The first kappa shape index (κ1) is 8.82. The first-order valence-corrected chi connectivity index (χ1v) is 4.11. The molecule has 0 rings (SSSR count). The van der Waals surface area contributed by atoms with E-state index in [0.29, 0.717) is 0 Å². The molecule has 0 aromatic rings. The molecule has 0 fully saturated rings. The van der Waals surface area contributed by atoms with Crippen LogP contribution in [-0.4, -0.2) is 16.0 Å². The summed E-state index contributed by atoms with van der Waals surface area (Å²) in [5.74, 6) is 1.06. The Morgan fingerprint density at radius 3 is 2.78 bits per heavy atom. The lowest BCUT2D eigenvalue weighted by Gasteiger charge is -1.94. The minimum Gasteiger partial charge on any atom is -0.410 e. The normalized spacial score (nSPS) is 12.0. The third-order valence-electron chi connectivity index (χ3n) is 0.950. The molecule has 0 atom stereocenters. The summed E-state index contributed by atoms with van der Waals surface area (Å²) in [6, 6.07) is 0. The first-order chi connectivity index (χ1) is 4.31. The van der Waals surface area contributed by atoms with E-state index in [1.165, 1.54) is 12.8 Å². The molecule has 0 heterocycles. The molecule has 0 aromatic carbocycles. The van der Waals surface area contributed by atoms with E-state index in [1.807, 2.05) is 0 Å². The highest BCUT2D eigenvalue weighted by Gasteiger charge is 1.89. The first-order valence-electron chi connectivity index (χ1n) is 3.12. The Morgan fingerprint density at radius 2 is 2.33 bits per heavy atom. The van der Waals surface area contributed by atoms with Crippen LogP contribution >= 0.6 is 11.8 Å². The maximum Gasteiger partial charge on any atom is 0.109 e. The van der Waals surface area contributed by atoms with Gasteiger partial charge < -0.3 is 5.21 Å². The standard InChI is InChI=1S/C6H13NOS/c1-3-4-5-9-6(2)7-8/h8H,3-5H2,1-2H3/b7-6-. The molecular formula is C6H13NOS. The summed E-state index contributed by atoms with van der Waals surface area (Å²) in [6.07, 6.45) is 2.39. The van der Waals surface area contributed by atoms with Gasteiger partial charge in [-0.2, -0.15) is 0 Å². The highest BCUT2D eigenvalue weighted by atomic mass is 32.2. The van der Waals surface area contributed by atoms with Gasteiger partial charge in [-0.15, -0.1) is 11.8 Å². The van der Waals surface area contributed by atoms with Gasteiger partial charge in [-0.25, -0.2) is 0 Å². The van der Waals surface area contributed by atoms with Gasteiger partial charge in [0.15, 0.2) is 0 Å². The van der Waals surface area contributed by atoms with E-state index < -0.39 is 0 Å². The SMILES string of the molecule is CCCCS/C(C)=N\O. The molecule has 0 spiro atoms. The van der Waals surface area contributed by atoms with Crippen LogP contribution in [0.3, 0.4) is 0 Å². The van der Waals surface area contributed by atoms with E-state index in [0.717, 1.165) is 10.8 Å². The fourth-order valence-electron chi connectivity index (χ4n) is 0.393. The van der Waals surface area contributed by atoms with Crippen molar-refractivity contribution in [1.29, 1.82) is 0 Å². The number of nitrogens with zero attached hydrogens (tertiary/aromatic N) is 1. The molecule has 0 unspecified atom stereocenters. The quantitative estimate of drug-likeness (QED) is 0.218. The second-order valence-electron chi connectivity index (χ2n) is 1.82. The molecule has 0 bridgehead atoms. The van der Waals surface area contributed by atoms with Crippen LogP contribution in [-0.2, 0) is 0 Å². The summed E-state index contributed by atoms with van der Waals surface area (Å²) < 4.78 is 0. The number of unbranched alkanes of at least 4 members (excludes halogenated alkanes) is 1. The van der Waals surface area contributed by atoms with Crippen LogP contribution in [0.5, 0.6) is 0 Å². The molecule has 1 N–H and O–H groups in total. The van der Waals surface area contributed by atoms with Crippen molar-refractivity contribution in [3.63, 3.8) is 0 Å². The largest absolute Gasteiger partial charge is 0.410 e. The Hall–Kier alpha value is -0.180. The zero-order valence-electron chi connectivity index (χ0n) is 5.92. The van der Waals surface area contributed by atoms with Gasteiger partial charge in [-0.05, 0) is 19.1 Å². The minimum absolute atomic E-state index is 0.753. The van der Waals surface area contributed by atoms with Gasteiger partial charge >= 0.3 is 0 Å². The van der Waals surface area contributed by atoms with E-state index in [4.69, 9.17) is 5.21 Å². The summed E-state index contributed by atoms with van der Waals surface area (Å²) in [5, 5.41) is 12.0. The summed E-state index contributed by atoms with van der Waals surface area (Å²) >= 11 is 1.60. The van der Waals surface area contributed by atoms with Crippen LogP contribution in [0.4, 0.5) is 0 Å². The van der Waals surface area contributed by atoms with Gasteiger partial charge in [-0.3, -0.25) is 0 Å². The Balaban J connectivity index is 3.07. The van der Waals surface area contributed by atoms with Crippen molar-refractivity contribution < 1.29 is 5.21 Å². The maximum atomic E-state index is 8.20. The van der Waals surface area contributed by atoms with Crippen molar-refractivity contribution in [1.82, 2.24) is 0 Å². The molecule has 9 heavy (non-hydrogen) atoms. The van der Waals surface area contributed by atoms with E-state index in [9.17, 15) is 0 Å². The number of rotatable bonds is 3. The second-order valence-corrected chi connectivity index (χ2v) is 3.11. The van der Waals surface area contributed by atoms with Crippen LogP contribution in [0.1, 0.15) is 26.7 Å². The van der Waals surface area contributed by atoms with Crippen molar-refractivity contribution in [2.75, 3.05) is 5.75 Å². The molecule has 0 radical (unpaired) electrons. The number of hydrogen-bond acceptors (Lipinski definition) is 3. The molecule has 0 saturated heterocycles. The molecule has 0 aromatic heterocycles. The lowest BCUT2D eigenvalue weighted by molar-refractivity contribution is 0.320. The van der Waals surface area contributed by atoms with Crippen molar-refractivity contribution in [2.45, 2.75) is 26.7 Å². The number of thioether (sulfide) groups is 1. The Morgan fingerprint density at radius 1 is 1.67 bits per heavy atom. The highest BCUT2D eigenvalue weighted by molar-refractivity contribution is 8.13. The monoisotopic (exact) mass is 147 g/mol. The average Bonchev–Trinajstić information content (AvgIpc) is 1.89. The van der Waals surface area contributed by atoms with Crippen molar-refractivity contribution in [2.24, 2.45) is 5.16 Å². The summed E-state index contributed by atoms with van der Waals surface area (Å²) in [4.78, 5) is 0. The van der Waals surface area contributed by atoms with Crippen molar-refractivity contribution in [3.05, 3.63) is 0 Å². The highest BCUT2D eigenvalue weighted by Crippen LogP contribution is 2.05. The molecule has 3 heteroatoms. The van der Waals surface area contributed by atoms with Gasteiger partial charge in [-0.1, -0.05) is 18.5 Å². The number of hydrogen-bond donors (Lipinski definition) is 1. The molecule has 0 saturated carbocycles. The third-order valence-corrected chi connectivity index (χ3v) is 1.94. The van der Waals surface area contributed by atoms with Gasteiger partial charge in [0.2, 0.25) is 0 Å². The fourth-order valence-corrected chi connectivity index (χ4v) is 1.18. The van der Waals surface area contributed by atoms with Crippen molar-refractivity contribution >= 4 is 16.8 Å². The molecule has 0 aliphatic heterocycles. The third kappa shape index (κ3) is 5.69. The van der Waals surface area contributed by atoms with Gasteiger partial charge in [0.05, 0.1) is 0 Å². The summed E-state index contributed by atoms with van der Waals surface area (Å²) in [5.41, 5.74) is 0. The van der Waals surface area contributed by atoms with Crippen molar-refractivity contribution in [3.8, 4) is 0 Å². The average molecular weight is 147 g/mol. The lowest BCUT2D eigenvalue weighted by Crippen LogP contribution is -1.85. The summed E-state index contributed by atoms with van der Waals surface area (Å²) in [6.45, 7) is 3.95. The van der Waals surface area contributed by atoms with Crippen LogP contribution in [0.2, 0.25) is 0 Å². The minimum atomic E-state index is 0.753. The van der Waals surface area contributed by atoms with E-state index >= 15 is 0 Å². The van der Waals surface area contributed by atoms with Crippen LogP contribution in [0, 0.1) is 0 Å². The van der Waals surface area contributed by atoms with E-state index in [1.54, 1.807) is 18.7 Å². The zero-order valence-corrected chi connectivity index (χ0v) is 6.74. The number of oxime groups is 1. The topological polar surface area (TPSA) is 32.6 Å². The Labute approximate surface area is 60.3 Å². The zero-order chi connectivity index (χ0) is 7.11. The second kappa shape index (κ2) is 5.95. The molecule has 0 aliphatic rings. The molecule has 2 nitrogen and oxygen atoms in total. The summed E-state index contributed by atoms with van der Waals surface area (Å²) in [7, 11) is 0. The van der Waals surface area contributed by atoms with Gasteiger partial charge in [0.1, 0.15) is 5.04 Å². The van der Waals surface area contributed by atoms with Crippen LogP contribution < -0.4 is 0 Å². The predicted octanol–water partition coefficient (Wildman–Crippen LogP) is 2.33. The van der Waals surface area contributed by atoms with Gasteiger partial charge in [0, 0.05) is 0 Å². The van der Waals surface area contributed by atoms with E-state index in [2.05, 4.69) is 12.1 Å².